The minimum absolute atomic E-state index is 0.225. The van der Waals surface area contributed by atoms with Gasteiger partial charge in [0.1, 0.15) is 10.6 Å². The van der Waals surface area contributed by atoms with E-state index in [1.165, 1.54) is 0 Å². The first kappa shape index (κ1) is 30.9. The fraction of sp³-hybridized carbons (Fsp3) is 0.111. The summed E-state index contributed by atoms with van der Waals surface area (Å²) in [6.45, 7) is -1.01. The zero-order valence-electron chi connectivity index (χ0n) is 19.2. The molecule has 0 radical (unpaired) electrons. The molecule has 216 valence electrons. The third-order valence-corrected chi connectivity index (χ3v) is 8.80. The second-order valence-corrected chi connectivity index (χ2v) is 13.6. The van der Waals surface area contributed by atoms with Crippen molar-refractivity contribution in [1.82, 2.24) is 0 Å². The van der Waals surface area contributed by atoms with Gasteiger partial charge in [0.2, 0.25) is 0 Å². The molecule has 0 saturated heterocycles. The van der Waals surface area contributed by atoms with Crippen LogP contribution in [0.15, 0.2) is 67.4 Å². The normalized spacial score (nSPS) is 13.2. The van der Waals surface area contributed by atoms with Crippen LogP contribution in [0.5, 0.6) is 5.75 Å². The number of phenolic OH excluding ortho intramolecular Hbond substituents is 1. The first-order valence-electron chi connectivity index (χ1n) is 10.0. The van der Waals surface area contributed by atoms with Gasteiger partial charge in [0.15, 0.2) is 21.3 Å². The molecule has 3 aromatic rings. The highest BCUT2D eigenvalue weighted by Gasteiger charge is 2.25. The molecule has 0 saturated carbocycles. The van der Waals surface area contributed by atoms with Crippen molar-refractivity contribution >= 4 is 68.3 Å². The molecule has 0 spiro atoms. The Kier molecular flexibility index (Phi) is 8.29. The molecule has 3 rings (SSSR count). The van der Waals surface area contributed by atoms with Gasteiger partial charge in [-0.15, -0.1) is 10.2 Å². The zero-order valence-corrected chi connectivity index (χ0v) is 22.5. The summed E-state index contributed by atoms with van der Waals surface area (Å²) in [6.07, 6.45) is 0. The number of hydrogen-bond acceptors (Lipinski definition) is 14. The fourth-order valence-corrected chi connectivity index (χ4v) is 5.86. The quantitative estimate of drug-likeness (QED) is 0.106. The van der Waals surface area contributed by atoms with Crippen molar-refractivity contribution in [2.75, 3.05) is 12.4 Å². The molecular weight excluding hydrogens is 626 g/mol. The van der Waals surface area contributed by atoms with Crippen molar-refractivity contribution in [2.24, 2.45) is 10.2 Å². The van der Waals surface area contributed by atoms with Crippen LogP contribution in [0.2, 0.25) is 0 Å². The largest absolute Gasteiger partial charge is 0.505 e. The summed E-state index contributed by atoms with van der Waals surface area (Å²) < 4.78 is 124. The number of sulfone groups is 1. The molecule has 0 unspecified atom stereocenters. The Hall–Kier alpha value is -3.64. The molecule has 0 aliphatic rings. The monoisotopic (exact) mass is 641 g/mol. The van der Waals surface area contributed by atoms with Crippen LogP contribution in [-0.2, 0) is 44.7 Å². The molecular formula is C18H15N3O15S4. The topological polar surface area (TPSA) is 295 Å². The molecule has 0 bridgehead atoms. The maximum absolute atomic E-state index is 12.4. The number of fused-ring (bicyclic) bond motifs is 1. The Morgan fingerprint density at radius 3 is 2.00 bits per heavy atom. The highest BCUT2D eigenvalue weighted by Crippen LogP contribution is 2.42. The van der Waals surface area contributed by atoms with Crippen molar-refractivity contribution in [1.29, 1.82) is 0 Å². The maximum Gasteiger partial charge on any atom is 0.397 e. The van der Waals surface area contributed by atoms with E-state index in [2.05, 4.69) is 14.4 Å². The van der Waals surface area contributed by atoms with Crippen molar-refractivity contribution in [3.8, 4) is 5.75 Å². The third kappa shape index (κ3) is 7.11. The molecule has 22 heteroatoms. The molecule has 0 atom stereocenters. The van der Waals surface area contributed by atoms with E-state index in [-0.39, 0.29) is 10.8 Å². The second kappa shape index (κ2) is 10.7. The lowest BCUT2D eigenvalue weighted by molar-refractivity contribution is -0.384. The summed E-state index contributed by atoms with van der Waals surface area (Å²) >= 11 is 0. The van der Waals surface area contributed by atoms with Crippen molar-refractivity contribution in [3.05, 3.63) is 52.6 Å². The van der Waals surface area contributed by atoms with E-state index in [1.54, 1.807) is 0 Å². The average Bonchev–Trinajstić information content (AvgIpc) is 2.80. The lowest BCUT2D eigenvalue weighted by Gasteiger charge is -2.10. The zero-order chi connectivity index (χ0) is 30.3. The van der Waals surface area contributed by atoms with Crippen LogP contribution in [0.4, 0.5) is 17.1 Å². The van der Waals surface area contributed by atoms with Gasteiger partial charge in [-0.2, -0.15) is 25.3 Å². The molecule has 0 heterocycles. The Morgan fingerprint density at radius 1 is 0.825 bits per heavy atom. The summed E-state index contributed by atoms with van der Waals surface area (Å²) in [4.78, 5) is 8.02. The number of phenols is 1. The standard InChI is InChI=1S/C18H15N3O15S4/c22-18-13-3-1-12(38(27,28)29)7-10(13)8-16(39(30,31)32)17(18)20-19-14-4-2-11(9-15(14)21(23)24)37(25,26)6-5-36-40(33,34)35/h1-4,7-9,22H,5-6H2,(H,27,28,29)(H,30,31,32)(H,33,34,35)/b20-19+. The Balaban J connectivity index is 2.12. The van der Waals surface area contributed by atoms with Crippen molar-refractivity contribution in [2.45, 2.75) is 14.7 Å². The van der Waals surface area contributed by atoms with Gasteiger partial charge in [-0.05, 0) is 41.8 Å². The molecule has 0 aliphatic heterocycles. The molecule has 0 aromatic heterocycles. The minimum atomic E-state index is -5.18. The molecule has 18 nitrogen and oxygen atoms in total. The predicted octanol–water partition coefficient (Wildman–Crippen LogP) is 1.96. The lowest BCUT2D eigenvalue weighted by Crippen LogP contribution is -2.15. The van der Waals surface area contributed by atoms with E-state index < -0.39 is 95.3 Å². The van der Waals surface area contributed by atoms with E-state index in [4.69, 9.17) is 4.55 Å². The Bertz CT molecular complexity index is 2000. The van der Waals surface area contributed by atoms with Crippen LogP contribution >= 0.6 is 0 Å². The SMILES string of the molecule is O=[N+]([O-])c1cc(S(=O)(=O)CCOS(=O)(=O)O)ccc1/N=N/c1c(S(=O)(=O)O)cc2cc(S(=O)(=O)O)ccc2c1O. The summed E-state index contributed by atoms with van der Waals surface area (Å²) in [5.74, 6) is -1.97. The van der Waals surface area contributed by atoms with Crippen molar-refractivity contribution in [3.63, 3.8) is 0 Å². The minimum Gasteiger partial charge on any atom is -0.505 e. The van der Waals surface area contributed by atoms with Gasteiger partial charge >= 0.3 is 10.4 Å². The summed E-state index contributed by atoms with van der Waals surface area (Å²) in [5.41, 5.74) is -2.56. The smallest absolute Gasteiger partial charge is 0.397 e. The highest BCUT2D eigenvalue weighted by atomic mass is 32.3. The molecule has 0 fully saturated rings. The van der Waals surface area contributed by atoms with Gasteiger partial charge in [0.05, 0.1) is 27.1 Å². The maximum atomic E-state index is 12.4. The van der Waals surface area contributed by atoms with Gasteiger partial charge in [-0.25, -0.2) is 12.6 Å². The van der Waals surface area contributed by atoms with Gasteiger partial charge in [-0.1, -0.05) is 0 Å². The molecule has 4 N–H and O–H groups in total. The lowest BCUT2D eigenvalue weighted by atomic mass is 10.1. The van der Waals surface area contributed by atoms with E-state index in [1.807, 2.05) is 0 Å². The van der Waals surface area contributed by atoms with Crippen LogP contribution in [0.3, 0.4) is 0 Å². The fourth-order valence-electron chi connectivity index (χ4n) is 3.18. The van der Waals surface area contributed by atoms with E-state index >= 15 is 0 Å². The summed E-state index contributed by atoms with van der Waals surface area (Å²) in [5, 5.41) is 28.6. The van der Waals surface area contributed by atoms with Gasteiger partial charge < -0.3 is 5.11 Å². The second-order valence-electron chi connectivity index (χ2n) is 7.58. The van der Waals surface area contributed by atoms with Crippen LogP contribution in [0.25, 0.3) is 10.8 Å². The van der Waals surface area contributed by atoms with Crippen LogP contribution in [0.1, 0.15) is 0 Å². The van der Waals surface area contributed by atoms with Gasteiger partial charge in [0, 0.05) is 11.5 Å². The number of benzene rings is 3. The van der Waals surface area contributed by atoms with Crippen LogP contribution in [0, 0.1) is 10.1 Å². The summed E-state index contributed by atoms with van der Waals surface area (Å²) in [6, 6.07) is 5.41. The third-order valence-electron chi connectivity index (χ3n) is 4.94. The number of nitro benzene ring substituents is 1. The first-order valence-corrected chi connectivity index (χ1v) is 15.9. The van der Waals surface area contributed by atoms with E-state index in [0.29, 0.717) is 12.1 Å². The number of rotatable bonds is 10. The van der Waals surface area contributed by atoms with Gasteiger partial charge in [0.25, 0.3) is 25.9 Å². The number of aromatic hydroxyl groups is 1. The number of nitrogens with zero attached hydrogens (tertiary/aromatic N) is 3. The Labute approximate surface area is 225 Å². The number of azo groups is 1. The van der Waals surface area contributed by atoms with Crippen LogP contribution < -0.4 is 0 Å². The van der Waals surface area contributed by atoms with E-state index in [9.17, 15) is 58.0 Å². The van der Waals surface area contributed by atoms with Gasteiger partial charge in [-0.3, -0.25) is 23.8 Å². The molecule has 3 aromatic carbocycles. The highest BCUT2D eigenvalue weighted by molar-refractivity contribution is 7.91. The molecule has 0 aliphatic carbocycles. The number of hydrogen-bond donors (Lipinski definition) is 4. The molecule has 0 amide bonds. The van der Waals surface area contributed by atoms with Crippen LogP contribution in [-0.4, -0.2) is 69.7 Å². The Morgan fingerprint density at radius 2 is 1.45 bits per heavy atom. The van der Waals surface area contributed by atoms with E-state index in [0.717, 1.165) is 30.3 Å². The number of nitro groups is 1. The summed E-state index contributed by atoms with van der Waals surface area (Å²) in [7, 11) is -19.3. The molecule has 40 heavy (non-hydrogen) atoms. The van der Waals surface area contributed by atoms with Crippen molar-refractivity contribution < 1.29 is 61.5 Å². The average molecular weight is 642 g/mol. The predicted molar refractivity (Wildman–Crippen MR) is 132 cm³/mol. The first-order chi connectivity index (χ1) is 18.2.